The quantitative estimate of drug-likeness (QED) is 0.500. The number of carbonyl (C=O) groups is 2. The number of hydrazine groups is 1. The molecule has 0 aromatic carbocycles. The van der Waals surface area contributed by atoms with Gasteiger partial charge in [-0.05, 0) is 0 Å². The molecule has 0 bridgehead atoms. The van der Waals surface area contributed by atoms with E-state index in [-0.39, 0.29) is 12.0 Å². The molecule has 0 unspecified atom stereocenters. The summed E-state index contributed by atoms with van der Waals surface area (Å²) in [5.74, 6) is 2.64. The van der Waals surface area contributed by atoms with E-state index in [2.05, 4.69) is 0 Å². The molecule has 1 heterocycles. The van der Waals surface area contributed by atoms with Crippen molar-refractivity contribution in [2.75, 3.05) is 0 Å². The minimum atomic E-state index is -1.34. The van der Waals surface area contributed by atoms with Crippen molar-refractivity contribution in [2.45, 2.75) is 6.42 Å². The first-order chi connectivity index (χ1) is 6.04. The third kappa shape index (κ3) is 1.67. The van der Waals surface area contributed by atoms with E-state index in [4.69, 9.17) is 16.1 Å². The van der Waals surface area contributed by atoms with Crippen LogP contribution < -0.4 is 5.84 Å². The van der Waals surface area contributed by atoms with E-state index >= 15 is 0 Å². The Hall–Kier alpha value is -1.82. The van der Waals surface area contributed by atoms with Crippen molar-refractivity contribution in [3.05, 3.63) is 23.5 Å². The molecule has 6 heteroatoms. The lowest BCUT2D eigenvalue weighted by Gasteiger charge is -2.19. The zero-order chi connectivity index (χ0) is 10.0. The van der Waals surface area contributed by atoms with Gasteiger partial charge in [0.1, 0.15) is 0 Å². The van der Waals surface area contributed by atoms with Crippen LogP contribution in [0.4, 0.5) is 0 Å². The number of hydrogen-bond donors (Lipinski definition) is 3. The maximum atomic E-state index is 10.6. The van der Waals surface area contributed by atoms with Crippen LogP contribution in [0.15, 0.2) is 23.5 Å². The maximum Gasteiger partial charge on any atom is 0.354 e. The summed E-state index contributed by atoms with van der Waals surface area (Å²) in [6, 6.07) is 0. The van der Waals surface area contributed by atoms with Crippen LogP contribution in [0.3, 0.4) is 0 Å². The summed E-state index contributed by atoms with van der Waals surface area (Å²) in [4.78, 5) is 21.2. The van der Waals surface area contributed by atoms with Gasteiger partial charge in [0.05, 0.1) is 5.57 Å². The van der Waals surface area contributed by atoms with E-state index < -0.39 is 17.6 Å². The first kappa shape index (κ1) is 9.27. The minimum Gasteiger partial charge on any atom is -0.478 e. The van der Waals surface area contributed by atoms with E-state index in [9.17, 15) is 9.59 Å². The molecule has 1 rings (SSSR count). The van der Waals surface area contributed by atoms with Gasteiger partial charge in [0, 0.05) is 12.6 Å². The van der Waals surface area contributed by atoms with Crippen LogP contribution in [0.1, 0.15) is 6.42 Å². The van der Waals surface area contributed by atoms with E-state index in [0.717, 1.165) is 5.01 Å². The number of aliphatic carboxylic acids is 2. The zero-order valence-corrected chi connectivity index (χ0v) is 6.60. The molecule has 0 radical (unpaired) electrons. The molecule has 1 aliphatic rings. The highest BCUT2D eigenvalue weighted by Gasteiger charge is 2.24. The fourth-order valence-electron chi connectivity index (χ4n) is 1.04. The summed E-state index contributed by atoms with van der Waals surface area (Å²) >= 11 is 0. The van der Waals surface area contributed by atoms with Crippen molar-refractivity contribution in [1.82, 2.24) is 5.01 Å². The fraction of sp³-hybridized carbons (Fsp3) is 0.143. The number of allylic oxidation sites excluding steroid dienone is 1. The minimum absolute atomic E-state index is 0.0741. The first-order valence-electron chi connectivity index (χ1n) is 3.44. The summed E-state index contributed by atoms with van der Waals surface area (Å²) in [7, 11) is 0. The zero-order valence-electron chi connectivity index (χ0n) is 6.60. The van der Waals surface area contributed by atoms with Crippen molar-refractivity contribution < 1.29 is 19.8 Å². The Morgan fingerprint density at radius 3 is 2.38 bits per heavy atom. The van der Waals surface area contributed by atoms with Crippen molar-refractivity contribution in [1.29, 1.82) is 0 Å². The smallest absolute Gasteiger partial charge is 0.354 e. The number of rotatable bonds is 2. The van der Waals surface area contributed by atoms with Gasteiger partial charge < -0.3 is 10.2 Å². The lowest BCUT2D eigenvalue weighted by molar-refractivity contribution is -0.137. The number of hydrogen-bond acceptors (Lipinski definition) is 4. The Morgan fingerprint density at radius 1 is 1.38 bits per heavy atom. The second kappa shape index (κ2) is 3.28. The number of carboxylic acid groups (broad SMARTS) is 2. The molecule has 6 nitrogen and oxygen atoms in total. The van der Waals surface area contributed by atoms with E-state index in [0.29, 0.717) is 0 Å². The summed E-state index contributed by atoms with van der Waals surface area (Å²) in [6.07, 6.45) is 2.87. The molecular weight excluding hydrogens is 176 g/mol. The van der Waals surface area contributed by atoms with Crippen LogP contribution >= 0.6 is 0 Å². The second-order valence-corrected chi connectivity index (χ2v) is 2.43. The van der Waals surface area contributed by atoms with Crippen molar-refractivity contribution in [3.63, 3.8) is 0 Å². The van der Waals surface area contributed by atoms with Crippen LogP contribution in [-0.4, -0.2) is 27.2 Å². The SMILES string of the molecule is NN1C=CCC(C(=O)O)=C1C(=O)O. The van der Waals surface area contributed by atoms with Gasteiger partial charge in [0.25, 0.3) is 0 Å². The predicted molar refractivity (Wildman–Crippen MR) is 42.1 cm³/mol. The molecule has 0 fully saturated rings. The highest BCUT2D eigenvalue weighted by atomic mass is 16.4. The molecule has 1 aliphatic heterocycles. The Kier molecular flexibility index (Phi) is 2.34. The topological polar surface area (TPSA) is 104 Å². The van der Waals surface area contributed by atoms with Crippen molar-refractivity contribution in [2.24, 2.45) is 5.84 Å². The maximum absolute atomic E-state index is 10.6. The summed E-state index contributed by atoms with van der Waals surface area (Å²) in [5, 5.41) is 18.1. The molecule has 4 N–H and O–H groups in total. The van der Waals surface area contributed by atoms with E-state index in [1.54, 1.807) is 0 Å². The molecular formula is C7H8N2O4. The standard InChI is InChI=1S/C7H8N2O4/c8-9-3-1-2-4(6(10)11)5(9)7(12)13/h1,3H,2,8H2,(H,10,11)(H,12,13). The van der Waals surface area contributed by atoms with Crippen LogP contribution in [0.25, 0.3) is 0 Å². The average molecular weight is 184 g/mol. The normalized spacial score (nSPS) is 16.2. The van der Waals surface area contributed by atoms with Crippen LogP contribution in [0, 0.1) is 0 Å². The average Bonchev–Trinajstić information content (AvgIpc) is 2.02. The molecule has 0 spiro atoms. The van der Waals surface area contributed by atoms with E-state index in [1.807, 2.05) is 0 Å². The lowest BCUT2D eigenvalue weighted by Crippen LogP contribution is -2.33. The monoisotopic (exact) mass is 184 g/mol. The highest BCUT2D eigenvalue weighted by Crippen LogP contribution is 2.17. The largest absolute Gasteiger partial charge is 0.478 e. The Morgan fingerprint density at radius 2 is 2.00 bits per heavy atom. The van der Waals surface area contributed by atoms with Gasteiger partial charge in [-0.2, -0.15) is 0 Å². The molecule has 0 aliphatic carbocycles. The number of carboxylic acids is 2. The second-order valence-electron chi connectivity index (χ2n) is 2.43. The summed E-state index contributed by atoms with van der Waals surface area (Å²) in [5.41, 5.74) is -0.604. The van der Waals surface area contributed by atoms with Gasteiger partial charge in [-0.15, -0.1) is 0 Å². The molecule has 0 aromatic rings. The van der Waals surface area contributed by atoms with E-state index in [1.165, 1.54) is 12.3 Å². The Labute approximate surface area is 73.5 Å². The van der Waals surface area contributed by atoms with Gasteiger partial charge in [0.15, 0.2) is 5.70 Å². The molecule has 70 valence electrons. The van der Waals surface area contributed by atoms with Crippen LogP contribution in [0.5, 0.6) is 0 Å². The van der Waals surface area contributed by atoms with Gasteiger partial charge in [-0.25, -0.2) is 15.4 Å². The molecule has 0 amide bonds. The molecule has 0 aromatic heterocycles. The number of nitrogens with zero attached hydrogens (tertiary/aromatic N) is 1. The fourth-order valence-corrected chi connectivity index (χ4v) is 1.04. The summed E-state index contributed by atoms with van der Waals surface area (Å²) in [6.45, 7) is 0. The molecule has 13 heavy (non-hydrogen) atoms. The molecule has 0 atom stereocenters. The van der Waals surface area contributed by atoms with Crippen molar-refractivity contribution in [3.8, 4) is 0 Å². The van der Waals surface area contributed by atoms with Crippen LogP contribution in [-0.2, 0) is 9.59 Å². The molecule has 0 saturated carbocycles. The van der Waals surface area contributed by atoms with Gasteiger partial charge in [-0.1, -0.05) is 6.08 Å². The van der Waals surface area contributed by atoms with Crippen LogP contribution in [0.2, 0.25) is 0 Å². The van der Waals surface area contributed by atoms with Crippen molar-refractivity contribution >= 4 is 11.9 Å². The van der Waals surface area contributed by atoms with Gasteiger partial charge in [-0.3, -0.25) is 5.01 Å². The van der Waals surface area contributed by atoms with Gasteiger partial charge >= 0.3 is 11.9 Å². The Bertz CT molecular complexity index is 318. The third-order valence-electron chi connectivity index (χ3n) is 1.59. The Balaban J connectivity index is 3.14. The predicted octanol–water partition coefficient (Wildman–Crippen LogP) is -0.497. The first-order valence-corrected chi connectivity index (χ1v) is 3.44. The molecule has 0 saturated heterocycles. The third-order valence-corrected chi connectivity index (χ3v) is 1.59. The highest BCUT2D eigenvalue weighted by molar-refractivity contribution is 5.98. The van der Waals surface area contributed by atoms with Gasteiger partial charge in [0.2, 0.25) is 0 Å². The lowest BCUT2D eigenvalue weighted by atomic mass is 10.1. The number of nitrogens with two attached hydrogens (primary N) is 1. The summed E-state index contributed by atoms with van der Waals surface area (Å²) < 4.78 is 0.